The minimum absolute atomic E-state index is 0.118. The molecule has 0 aromatic heterocycles. The average Bonchev–Trinajstić information content (AvgIpc) is 3.28. The highest BCUT2D eigenvalue weighted by atomic mass is 16.5. The van der Waals surface area contributed by atoms with Crippen LogP contribution in [0, 0.1) is 0 Å². The number of hydrogen-bond acceptors (Lipinski definition) is 6. The lowest BCUT2D eigenvalue weighted by Crippen LogP contribution is -2.47. The van der Waals surface area contributed by atoms with Gasteiger partial charge in [-0.25, -0.2) is 0 Å². The largest absolute Gasteiger partial charge is 0.457 e. The molecule has 0 saturated heterocycles. The van der Waals surface area contributed by atoms with Crippen molar-refractivity contribution in [3.05, 3.63) is 131 Å². The second-order valence-corrected chi connectivity index (χ2v) is 10.8. The van der Waals surface area contributed by atoms with Gasteiger partial charge in [0.25, 0.3) is 0 Å². The van der Waals surface area contributed by atoms with Crippen LogP contribution in [0.1, 0.15) is 45.7 Å². The second kappa shape index (κ2) is 11.2. The molecule has 2 unspecified atom stereocenters. The number of Topliss-reactive ketones (excluding diaryl/α,β-unsaturated/α-hetero) is 2. The van der Waals surface area contributed by atoms with Crippen LogP contribution in [0.15, 0.2) is 108 Å². The summed E-state index contributed by atoms with van der Waals surface area (Å²) in [6, 6.07) is 27.2. The van der Waals surface area contributed by atoms with Gasteiger partial charge in [-0.3, -0.25) is 9.59 Å². The number of allylic oxidation sites excluding steroid dienone is 4. The number of fused-ring (bicyclic) bond motifs is 3. The predicted octanol–water partition coefficient (Wildman–Crippen LogP) is 6.16. The van der Waals surface area contributed by atoms with Crippen molar-refractivity contribution >= 4 is 39.7 Å². The van der Waals surface area contributed by atoms with Crippen molar-refractivity contribution in [2.24, 2.45) is 11.5 Å². The van der Waals surface area contributed by atoms with Crippen LogP contribution in [-0.2, 0) is 0 Å². The molecule has 4 N–H and O–H groups in total. The van der Waals surface area contributed by atoms with E-state index < -0.39 is 0 Å². The van der Waals surface area contributed by atoms with E-state index in [0.717, 1.165) is 27.6 Å². The molecule has 0 saturated carbocycles. The van der Waals surface area contributed by atoms with E-state index in [4.69, 9.17) is 16.2 Å². The first-order chi connectivity index (χ1) is 20.4. The summed E-state index contributed by atoms with van der Waals surface area (Å²) in [5, 5.41) is 2.18. The van der Waals surface area contributed by atoms with Crippen molar-refractivity contribution in [2.45, 2.75) is 25.9 Å². The fraction of sp³-hybridized carbons (Fsp3) is 0.167. The van der Waals surface area contributed by atoms with Gasteiger partial charge in [-0.15, -0.1) is 0 Å². The number of carbonyl (C=O) groups excluding carboxylic acids is 2. The summed E-state index contributed by atoms with van der Waals surface area (Å²) in [6.07, 6.45) is 5.68. The number of rotatable bonds is 7. The number of carbonyl (C=O) groups is 2. The summed E-state index contributed by atoms with van der Waals surface area (Å²) in [6.45, 7) is 5.26. The summed E-state index contributed by atoms with van der Waals surface area (Å²) >= 11 is 0. The molecule has 6 nitrogen and oxygen atoms in total. The fourth-order valence-electron chi connectivity index (χ4n) is 5.93. The van der Waals surface area contributed by atoms with E-state index >= 15 is 0 Å². The van der Waals surface area contributed by atoms with Crippen molar-refractivity contribution in [1.29, 1.82) is 0 Å². The molecule has 2 atom stereocenters. The van der Waals surface area contributed by atoms with E-state index in [-0.39, 0.29) is 29.2 Å². The Kier molecular flexibility index (Phi) is 7.33. The maximum Gasteiger partial charge on any atom is 0.198 e. The molecule has 0 fully saturated rings. The molecule has 4 aromatic rings. The minimum Gasteiger partial charge on any atom is -0.457 e. The molecular formula is C36H33N3O3. The van der Waals surface area contributed by atoms with Gasteiger partial charge >= 0.3 is 0 Å². The third-order valence-electron chi connectivity index (χ3n) is 8.10. The number of nitrogens with zero attached hydrogens (tertiary/aromatic N) is 1. The van der Waals surface area contributed by atoms with Crippen LogP contribution >= 0.6 is 0 Å². The van der Waals surface area contributed by atoms with Crippen LogP contribution in [0.4, 0.5) is 5.69 Å². The van der Waals surface area contributed by atoms with E-state index in [1.807, 2.05) is 48.6 Å². The summed E-state index contributed by atoms with van der Waals surface area (Å²) in [7, 11) is 0. The Hall–Kier alpha value is -4.78. The molecule has 0 radical (unpaired) electrons. The molecule has 1 aliphatic heterocycles. The number of ketones is 2. The molecule has 0 spiro atoms. The normalized spacial score (nSPS) is 15.9. The number of hydrogen-bond donors (Lipinski definition) is 2. The van der Waals surface area contributed by atoms with Gasteiger partial charge in [-0.2, -0.15) is 0 Å². The van der Waals surface area contributed by atoms with Crippen LogP contribution in [0.3, 0.4) is 0 Å². The van der Waals surface area contributed by atoms with Gasteiger partial charge < -0.3 is 21.1 Å². The molecule has 0 amide bonds. The van der Waals surface area contributed by atoms with Crippen LogP contribution < -0.4 is 21.1 Å². The molecule has 42 heavy (non-hydrogen) atoms. The molecular weight excluding hydrogens is 522 g/mol. The number of anilines is 1. The zero-order valence-electron chi connectivity index (χ0n) is 23.7. The van der Waals surface area contributed by atoms with Crippen molar-refractivity contribution in [1.82, 2.24) is 0 Å². The lowest BCUT2D eigenvalue weighted by molar-refractivity contribution is 0.0990. The van der Waals surface area contributed by atoms with Gasteiger partial charge in [0.1, 0.15) is 11.5 Å². The molecule has 4 aromatic carbocycles. The zero-order chi connectivity index (χ0) is 29.4. The van der Waals surface area contributed by atoms with Crippen molar-refractivity contribution < 1.29 is 14.3 Å². The quantitative estimate of drug-likeness (QED) is 0.209. The molecule has 210 valence electrons. The highest BCUT2D eigenvalue weighted by molar-refractivity contribution is 6.43. The molecule has 0 bridgehead atoms. The standard InChI is InChI=1S/C36H33N3O3/c1-22(20-37)39(23(2)21-38)32-18-16-24(26-9-3-4-10-27(26)32)15-17-25-19-31(28-11-7-8-14-33(28)42-25)34-35(40)29-12-5-6-13-30(29)36(34)41/h3-19,22-23H,20-21,37-38H2,1-2H3. The van der Waals surface area contributed by atoms with Crippen molar-refractivity contribution in [3.63, 3.8) is 0 Å². The van der Waals surface area contributed by atoms with Gasteiger partial charge in [-0.05, 0) is 49.1 Å². The third-order valence-corrected chi connectivity index (χ3v) is 8.10. The topological polar surface area (TPSA) is 98.6 Å². The van der Waals surface area contributed by atoms with E-state index in [1.54, 1.807) is 30.3 Å². The molecule has 6 heteroatoms. The van der Waals surface area contributed by atoms with Crippen LogP contribution in [0.5, 0.6) is 5.75 Å². The Morgan fingerprint density at radius 1 is 0.714 bits per heavy atom. The monoisotopic (exact) mass is 555 g/mol. The number of ether oxygens (including phenoxy) is 1. The first-order valence-electron chi connectivity index (χ1n) is 14.2. The predicted molar refractivity (Wildman–Crippen MR) is 170 cm³/mol. The van der Waals surface area contributed by atoms with Gasteiger partial charge in [0, 0.05) is 58.5 Å². The SMILES string of the molecule is CC(CN)N(c1ccc(C=CC2=CC(=C3C(=O)c4ccccc4C3=O)c3ccccc3O2)c2ccccc12)C(C)CN. The highest BCUT2D eigenvalue weighted by Crippen LogP contribution is 2.40. The van der Waals surface area contributed by atoms with Crippen LogP contribution in [0.2, 0.25) is 0 Å². The maximum absolute atomic E-state index is 13.4. The number of nitrogens with two attached hydrogens (primary N) is 2. The Balaban J connectivity index is 1.43. The van der Waals surface area contributed by atoms with Gasteiger partial charge in [-0.1, -0.05) is 78.9 Å². The lowest BCUT2D eigenvalue weighted by atomic mass is 9.93. The Morgan fingerprint density at radius 3 is 1.93 bits per heavy atom. The van der Waals surface area contributed by atoms with Gasteiger partial charge in [0.15, 0.2) is 11.6 Å². The second-order valence-electron chi connectivity index (χ2n) is 10.8. The van der Waals surface area contributed by atoms with E-state index in [2.05, 4.69) is 43.0 Å². The minimum atomic E-state index is -0.258. The average molecular weight is 556 g/mol. The van der Waals surface area contributed by atoms with Crippen LogP contribution in [-0.4, -0.2) is 36.7 Å². The third kappa shape index (κ3) is 4.65. The first-order valence-corrected chi connectivity index (χ1v) is 14.2. The van der Waals surface area contributed by atoms with Crippen molar-refractivity contribution in [2.75, 3.05) is 18.0 Å². The van der Waals surface area contributed by atoms with Gasteiger partial charge in [0.05, 0.1) is 5.57 Å². The summed E-state index contributed by atoms with van der Waals surface area (Å²) in [5.74, 6) is 0.620. The Morgan fingerprint density at radius 2 is 1.29 bits per heavy atom. The molecule has 1 aliphatic carbocycles. The summed E-state index contributed by atoms with van der Waals surface area (Å²) in [5.41, 5.74) is 16.6. The van der Waals surface area contributed by atoms with E-state index in [0.29, 0.717) is 41.3 Å². The molecule has 1 heterocycles. The zero-order valence-corrected chi connectivity index (χ0v) is 23.7. The Bertz CT molecular complexity index is 1770. The smallest absolute Gasteiger partial charge is 0.198 e. The first kappa shape index (κ1) is 27.4. The molecule has 2 aliphatic rings. The molecule has 6 rings (SSSR count). The summed E-state index contributed by atoms with van der Waals surface area (Å²) in [4.78, 5) is 29.1. The van der Waals surface area contributed by atoms with Crippen LogP contribution in [0.25, 0.3) is 22.4 Å². The Labute approximate surface area is 245 Å². The highest BCUT2D eigenvalue weighted by Gasteiger charge is 2.36. The van der Waals surface area contributed by atoms with E-state index in [9.17, 15) is 9.59 Å². The fourth-order valence-corrected chi connectivity index (χ4v) is 5.93. The van der Waals surface area contributed by atoms with Gasteiger partial charge in [0.2, 0.25) is 0 Å². The van der Waals surface area contributed by atoms with Crippen molar-refractivity contribution in [3.8, 4) is 5.75 Å². The van der Waals surface area contributed by atoms with E-state index in [1.165, 1.54) is 0 Å². The lowest BCUT2D eigenvalue weighted by Gasteiger charge is -2.36. The number of para-hydroxylation sites is 1. The summed E-state index contributed by atoms with van der Waals surface area (Å²) < 4.78 is 6.24. The maximum atomic E-state index is 13.4. The number of benzene rings is 4.